The van der Waals surface area contributed by atoms with Gasteiger partial charge in [-0.2, -0.15) is 5.10 Å². The second-order valence-corrected chi connectivity index (χ2v) is 4.47. The van der Waals surface area contributed by atoms with Crippen LogP contribution in [0.15, 0.2) is 36.5 Å². The molecule has 1 aromatic heterocycles. The number of hydrogen-bond donors (Lipinski definition) is 1. The van der Waals surface area contributed by atoms with Gasteiger partial charge in [-0.05, 0) is 32.0 Å². The molecule has 0 aliphatic heterocycles. The normalized spacial score (nSPS) is 11.9. The van der Waals surface area contributed by atoms with Crippen LogP contribution in [0.25, 0.3) is 0 Å². The van der Waals surface area contributed by atoms with Crippen LogP contribution in [0, 0.1) is 0 Å². The van der Waals surface area contributed by atoms with Gasteiger partial charge in [0.05, 0.1) is 24.4 Å². The number of ether oxygens (including phenoxy) is 1. The number of carbonyl (C=O) groups is 1. The maximum atomic E-state index is 12.3. The largest absolute Gasteiger partial charge is 0.496 e. The highest BCUT2D eigenvalue weighted by Crippen LogP contribution is 2.19. The maximum Gasteiger partial charge on any atom is 0.255 e. The first kappa shape index (κ1) is 14.1. The lowest BCUT2D eigenvalue weighted by Gasteiger charge is -2.16. The minimum Gasteiger partial charge on any atom is -0.496 e. The van der Waals surface area contributed by atoms with Crippen molar-refractivity contribution in [3.05, 3.63) is 47.8 Å². The van der Waals surface area contributed by atoms with Crippen molar-refractivity contribution in [1.82, 2.24) is 15.1 Å². The van der Waals surface area contributed by atoms with E-state index in [0.29, 0.717) is 11.3 Å². The summed E-state index contributed by atoms with van der Waals surface area (Å²) in [4.78, 5) is 12.3. The zero-order chi connectivity index (χ0) is 14.5. The van der Waals surface area contributed by atoms with Crippen molar-refractivity contribution in [2.45, 2.75) is 26.4 Å². The minimum absolute atomic E-state index is 0.116. The van der Waals surface area contributed by atoms with Gasteiger partial charge < -0.3 is 10.1 Å². The Labute approximate surface area is 118 Å². The van der Waals surface area contributed by atoms with Crippen LogP contribution in [0.1, 0.15) is 35.9 Å². The SMILES string of the molecule is CCn1nccc1C(C)NC(=O)c1ccccc1OC. The van der Waals surface area contributed by atoms with E-state index < -0.39 is 0 Å². The van der Waals surface area contributed by atoms with Crippen LogP contribution in [0.2, 0.25) is 0 Å². The molecule has 1 unspecified atom stereocenters. The molecule has 0 saturated carbocycles. The number of nitrogens with zero attached hydrogens (tertiary/aromatic N) is 2. The third-order valence-electron chi connectivity index (χ3n) is 3.19. The van der Waals surface area contributed by atoms with Gasteiger partial charge in [0.15, 0.2) is 0 Å². The molecular weight excluding hydrogens is 254 g/mol. The Morgan fingerprint density at radius 3 is 2.85 bits per heavy atom. The average molecular weight is 273 g/mol. The quantitative estimate of drug-likeness (QED) is 0.910. The summed E-state index contributed by atoms with van der Waals surface area (Å²) in [5.74, 6) is 0.417. The molecule has 20 heavy (non-hydrogen) atoms. The molecular formula is C15H19N3O2. The fourth-order valence-corrected chi connectivity index (χ4v) is 2.16. The summed E-state index contributed by atoms with van der Waals surface area (Å²) in [6, 6.07) is 8.98. The summed E-state index contributed by atoms with van der Waals surface area (Å²) >= 11 is 0. The molecule has 0 aliphatic carbocycles. The summed E-state index contributed by atoms with van der Waals surface area (Å²) in [5.41, 5.74) is 1.51. The van der Waals surface area contributed by atoms with Gasteiger partial charge in [0.2, 0.25) is 0 Å². The third kappa shape index (κ3) is 2.82. The van der Waals surface area contributed by atoms with Crippen LogP contribution in [0.4, 0.5) is 0 Å². The van der Waals surface area contributed by atoms with Gasteiger partial charge in [-0.1, -0.05) is 12.1 Å². The zero-order valence-corrected chi connectivity index (χ0v) is 12.0. The monoisotopic (exact) mass is 273 g/mol. The highest BCUT2D eigenvalue weighted by atomic mass is 16.5. The van der Waals surface area contributed by atoms with Crippen molar-refractivity contribution in [2.24, 2.45) is 0 Å². The number of rotatable bonds is 5. The second-order valence-electron chi connectivity index (χ2n) is 4.47. The van der Waals surface area contributed by atoms with Crippen LogP contribution in [0.3, 0.4) is 0 Å². The Morgan fingerprint density at radius 1 is 1.40 bits per heavy atom. The number of amides is 1. The van der Waals surface area contributed by atoms with Gasteiger partial charge in [0.25, 0.3) is 5.91 Å². The van der Waals surface area contributed by atoms with Crippen LogP contribution in [-0.2, 0) is 6.54 Å². The van der Waals surface area contributed by atoms with Crippen molar-refractivity contribution in [3.8, 4) is 5.75 Å². The van der Waals surface area contributed by atoms with Gasteiger partial charge in [0.1, 0.15) is 5.75 Å². The summed E-state index contributed by atoms with van der Waals surface area (Å²) in [6.45, 7) is 4.74. The van der Waals surface area contributed by atoms with Gasteiger partial charge in [-0.3, -0.25) is 9.48 Å². The molecule has 1 N–H and O–H groups in total. The Kier molecular flexibility index (Phi) is 4.40. The van der Waals surface area contributed by atoms with Crippen LogP contribution < -0.4 is 10.1 Å². The number of hydrogen-bond acceptors (Lipinski definition) is 3. The molecule has 1 atom stereocenters. The van der Waals surface area contributed by atoms with Crippen molar-refractivity contribution >= 4 is 5.91 Å². The van der Waals surface area contributed by atoms with Crippen molar-refractivity contribution in [3.63, 3.8) is 0 Å². The van der Waals surface area contributed by atoms with Crippen molar-refractivity contribution < 1.29 is 9.53 Å². The van der Waals surface area contributed by atoms with E-state index in [-0.39, 0.29) is 11.9 Å². The topological polar surface area (TPSA) is 56.2 Å². The van der Waals surface area contributed by atoms with E-state index in [9.17, 15) is 4.79 Å². The molecule has 2 aromatic rings. The molecule has 0 saturated heterocycles. The predicted octanol–water partition coefficient (Wildman–Crippen LogP) is 2.40. The molecule has 1 amide bonds. The number of benzene rings is 1. The maximum absolute atomic E-state index is 12.3. The van der Waals surface area contributed by atoms with Crippen molar-refractivity contribution in [2.75, 3.05) is 7.11 Å². The number of para-hydroxylation sites is 1. The van der Waals surface area contributed by atoms with E-state index in [4.69, 9.17) is 4.74 Å². The van der Waals surface area contributed by atoms with E-state index in [0.717, 1.165) is 12.2 Å². The number of methoxy groups -OCH3 is 1. The zero-order valence-electron chi connectivity index (χ0n) is 12.0. The van der Waals surface area contributed by atoms with Gasteiger partial charge in [-0.15, -0.1) is 0 Å². The summed E-state index contributed by atoms with van der Waals surface area (Å²) < 4.78 is 7.07. The van der Waals surface area contributed by atoms with Gasteiger partial charge in [-0.25, -0.2) is 0 Å². The second kappa shape index (κ2) is 6.23. The van der Waals surface area contributed by atoms with Gasteiger partial charge in [0, 0.05) is 12.7 Å². The van der Waals surface area contributed by atoms with Crippen LogP contribution in [0.5, 0.6) is 5.75 Å². The first-order valence-electron chi connectivity index (χ1n) is 6.63. The molecule has 0 spiro atoms. The van der Waals surface area contributed by atoms with E-state index in [1.54, 1.807) is 25.4 Å². The Hall–Kier alpha value is -2.30. The fraction of sp³-hybridized carbons (Fsp3) is 0.333. The average Bonchev–Trinajstić information content (AvgIpc) is 2.95. The predicted molar refractivity (Wildman–Crippen MR) is 76.8 cm³/mol. The summed E-state index contributed by atoms with van der Waals surface area (Å²) in [7, 11) is 1.56. The Bertz CT molecular complexity index is 592. The number of aryl methyl sites for hydroxylation is 1. The first-order chi connectivity index (χ1) is 9.67. The van der Waals surface area contributed by atoms with E-state index in [1.165, 1.54) is 0 Å². The Morgan fingerprint density at radius 2 is 2.15 bits per heavy atom. The Balaban J connectivity index is 2.15. The molecule has 0 radical (unpaired) electrons. The fourth-order valence-electron chi connectivity index (χ4n) is 2.16. The van der Waals surface area contributed by atoms with Crippen LogP contribution in [-0.4, -0.2) is 22.8 Å². The molecule has 5 heteroatoms. The molecule has 5 nitrogen and oxygen atoms in total. The molecule has 0 aliphatic rings. The molecule has 1 aromatic carbocycles. The highest BCUT2D eigenvalue weighted by molar-refractivity contribution is 5.97. The molecule has 0 fully saturated rings. The lowest BCUT2D eigenvalue weighted by molar-refractivity contribution is 0.0935. The molecule has 0 bridgehead atoms. The third-order valence-corrected chi connectivity index (χ3v) is 3.19. The number of aromatic nitrogens is 2. The standard InChI is InChI=1S/C15H19N3O2/c1-4-18-13(9-10-16-18)11(2)17-15(19)12-7-5-6-8-14(12)20-3/h5-11H,4H2,1-3H3,(H,17,19). The summed E-state index contributed by atoms with van der Waals surface area (Å²) in [6.07, 6.45) is 1.74. The number of nitrogens with one attached hydrogen (secondary N) is 1. The minimum atomic E-state index is -0.154. The van der Waals surface area contributed by atoms with Crippen molar-refractivity contribution in [1.29, 1.82) is 0 Å². The van der Waals surface area contributed by atoms with E-state index >= 15 is 0 Å². The molecule has 1 heterocycles. The molecule has 106 valence electrons. The van der Waals surface area contributed by atoms with Gasteiger partial charge >= 0.3 is 0 Å². The highest BCUT2D eigenvalue weighted by Gasteiger charge is 2.17. The van der Waals surface area contributed by atoms with E-state index in [1.807, 2.05) is 36.7 Å². The summed E-state index contributed by atoms with van der Waals surface area (Å²) in [5, 5.41) is 7.18. The van der Waals surface area contributed by atoms with E-state index in [2.05, 4.69) is 10.4 Å². The first-order valence-corrected chi connectivity index (χ1v) is 6.63. The smallest absolute Gasteiger partial charge is 0.255 e. The lowest BCUT2D eigenvalue weighted by atomic mass is 10.1. The number of carbonyl (C=O) groups excluding carboxylic acids is 1. The van der Waals surface area contributed by atoms with Crippen LogP contribution >= 0.6 is 0 Å². The molecule has 2 rings (SSSR count). The lowest BCUT2D eigenvalue weighted by Crippen LogP contribution is -2.28.